The zero-order valence-corrected chi connectivity index (χ0v) is 32.1. The Kier molecular flexibility index (Phi) is 9.80. The standard InChI is InChI=1S/C40H46Cl2N6O4/c1-39(2,3)46-38(50)40(16-17-40)43-21-23-19-28(41)34(20-33(23)51-6)52-32-14-13-25-24(9-7-10-26(25)32)27-11-8-12-29(35(27)42)45-37(49)36-44-30-22-47(4)18-15-31(30)48(36)5/h7-12,19-20,32,43H,13-18,21-22H2,1-6H3,(H,45,49)(H,46,50). The molecule has 1 aliphatic heterocycles. The summed E-state index contributed by atoms with van der Waals surface area (Å²) in [7, 11) is 5.57. The highest BCUT2D eigenvalue weighted by Crippen LogP contribution is 2.45. The minimum atomic E-state index is -0.574. The predicted octanol–water partition coefficient (Wildman–Crippen LogP) is 7.25. The van der Waals surface area contributed by atoms with Gasteiger partial charge in [0.15, 0.2) is 5.82 Å². The van der Waals surface area contributed by atoms with E-state index in [1.54, 1.807) is 7.11 Å². The van der Waals surface area contributed by atoms with Gasteiger partial charge in [-0.05, 0) is 82.3 Å². The van der Waals surface area contributed by atoms with Crippen molar-refractivity contribution in [3.8, 4) is 22.6 Å². The minimum absolute atomic E-state index is 0.0119. The lowest BCUT2D eigenvalue weighted by molar-refractivity contribution is -0.125. The Hall–Kier alpha value is -4.09. The molecule has 4 aromatic rings. The van der Waals surface area contributed by atoms with Crippen LogP contribution in [0, 0.1) is 0 Å². The van der Waals surface area contributed by atoms with Crippen molar-refractivity contribution in [2.75, 3.05) is 26.0 Å². The highest BCUT2D eigenvalue weighted by atomic mass is 35.5. The third-order valence-corrected chi connectivity index (χ3v) is 11.0. The lowest BCUT2D eigenvalue weighted by Gasteiger charge is -2.26. The number of hydrogen-bond donors (Lipinski definition) is 3. The number of likely N-dealkylation sites (N-methyl/N-ethyl adjacent to an activating group) is 1. The molecule has 0 spiro atoms. The van der Waals surface area contributed by atoms with Crippen molar-refractivity contribution in [2.45, 2.75) is 83.1 Å². The average Bonchev–Trinajstić information content (AvgIpc) is 3.69. The normalized spacial score (nSPS) is 17.7. The van der Waals surface area contributed by atoms with Gasteiger partial charge in [-0.2, -0.15) is 0 Å². The molecule has 2 amide bonds. The minimum Gasteiger partial charge on any atom is -0.496 e. The topological polar surface area (TPSA) is 110 Å². The van der Waals surface area contributed by atoms with E-state index in [9.17, 15) is 9.59 Å². The maximum Gasteiger partial charge on any atom is 0.291 e. The van der Waals surface area contributed by atoms with E-state index >= 15 is 0 Å². The first kappa shape index (κ1) is 36.3. The first-order valence-electron chi connectivity index (χ1n) is 17.8. The molecule has 7 rings (SSSR count). The van der Waals surface area contributed by atoms with E-state index in [-0.39, 0.29) is 23.5 Å². The van der Waals surface area contributed by atoms with Gasteiger partial charge in [-0.25, -0.2) is 4.98 Å². The molecule has 1 fully saturated rings. The molecular formula is C40H46Cl2N6O4. The third kappa shape index (κ3) is 7.14. The Bertz CT molecular complexity index is 2050. The number of halogens is 2. The summed E-state index contributed by atoms with van der Waals surface area (Å²) in [5.41, 5.74) is 6.57. The molecule has 3 aliphatic rings. The van der Waals surface area contributed by atoms with Gasteiger partial charge in [0.25, 0.3) is 5.91 Å². The number of aromatic nitrogens is 2. The summed E-state index contributed by atoms with van der Waals surface area (Å²) in [5, 5.41) is 10.5. The van der Waals surface area contributed by atoms with Crippen LogP contribution in [0.4, 0.5) is 5.69 Å². The number of carbonyl (C=O) groups is 2. The number of fused-ring (bicyclic) bond motifs is 2. The van der Waals surface area contributed by atoms with Gasteiger partial charge in [-0.15, -0.1) is 0 Å². The average molecular weight is 746 g/mol. The summed E-state index contributed by atoms with van der Waals surface area (Å²) < 4.78 is 14.2. The fraction of sp³-hybridized carbons (Fsp3) is 0.425. The van der Waals surface area contributed by atoms with Crippen LogP contribution in [-0.2, 0) is 37.8 Å². The zero-order valence-electron chi connectivity index (χ0n) is 30.6. The molecule has 2 aliphatic carbocycles. The van der Waals surface area contributed by atoms with Crippen molar-refractivity contribution in [1.82, 2.24) is 25.1 Å². The second kappa shape index (κ2) is 14.0. The van der Waals surface area contributed by atoms with Gasteiger partial charge in [0.05, 0.1) is 34.1 Å². The highest BCUT2D eigenvalue weighted by Gasteiger charge is 2.50. The molecule has 274 valence electrons. The molecule has 52 heavy (non-hydrogen) atoms. The van der Waals surface area contributed by atoms with Gasteiger partial charge in [-0.3, -0.25) is 14.9 Å². The van der Waals surface area contributed by atoms with Gasteiger partial charge in [0, 0.05) is 61.5 Å². The SMILES string of the molecule is COc1cc(OC2CCc3c(-c4cccc(NC(=O)c5nc6c(n5C)CCN(C)C6)c4Cl)cccc32)c(Cl)cc1CNC1(C(=O)NC(C)(C)C)CC1. The number of amides is 2. The maximum absolute atomic E-state index is 13.5. The van der Waals surface area contributed by atoms with Crippen molar-refractivity contribution < 1.29 is 19.1 Å². The van der Waals surface area contributed by atoms with Crippen molar-refractivity contribution in [2.24, 2.45) is 7.05 Å². The number of methoxy groups -OCH3 is 1. The number of imidazole rings is 1. The number of anilines is 1. The summed E-state index contributed by atoms with van der Waals surface area (Å²) in [5.74, 6) is 1.25. The first-order chi connectivity index (χ1) is 24.8. The van der Waals surface area contributed by atoms with Crippen LogP contribution in [0.15, 0.2) is 48.5 Å². The molecule has 0 bridgehead atoms. The van der Waals surface area contributed by atoms with Crippen molar-refractivity contribution >= 4 is 40.7 Å². The number of benzene rings is 3. The van der Waals surface area contributed by atoms with E-state index in [1.807, 2.05) is 68.8 Å². The summed E-state index contributed by atoms with van der Waals surface area (Å²) in [4.78, 5) is 33.3. The van der Waals surface area contributed by atoms with Crippen LogP contribution in [0.25, 0.3) is 11.1 Å². The summed E-state index contributed by atoms with van der Waals surface area (Å²) in [6, 6.07) is 15.5. The number of hydrogen-bond acceptors (Lipinski definition) is 7. The zero-order chi connectivity index (χ0) is 36.9. The predicted molar refractivity (Wildman–Crippen MR) is 204 cm³/mol. The van der Waals surface area contributed by atoms with E-state index in [4.69, 9.17) is 32.7 Å². The van der Waals surface area contributed by atoms with Gasteiger partial charge in [-0.1, -0.05) is 53.5 Å². The fourth-order valence-electron chi connectivity index (χ4n) is 7.35. The van der Waals surface area contributed by atoms with Gasteiger partial charge < -0.3 is 29.6 Å². The quantitative estimate of drug-likeness (QED) is 0.157. The summed E-state index contributed by atoms with van der Waals surface area (Å²) >= 11 is 13.9. The molecule has 1 unspecified atom stereocenters. The van der Waals surface area contributed by atoms with E-state index in [1.165, 1.54) is 0 Å². The third-order valence-electron chi connectivity index (χ3n) is 10.3. The second-order valence-electron chi connectivity index (χ2n) is 15.2. The Morgan fingerprint density at radius 1 is 1.02 bits per heavy atom. The molecule has 12 heteroatoms. The summed E-state index contributed by atoms with van der Waals surface area (Å²) in [6.45, 7) is 8.03. The van der Waals surface area contributed by atoms with Crippen molar-refractivity contribution in [1.29, 1.82) is 0 Å². The molecule has 3 aromatic carbocycles. The molecule has 3 N–H and O–H groups in total. The summed E-state index contributed by atoms with van der Waals surface area (Å²) in [6.07, 6.45) is 3.73. The van der Waals surface area contributed by atoms with Crippen LogP contribution in [0.5, 0.6) is 11.5 Å². The molecule has 10 nitrogen and oxygen atoms in total. The van der Waals surface area contributed by atoms with Crippen molar-refractivity contribution in [3.63, 3.8) is 0 Å². The molecule has 0 saturated heterocycles. The molecule has 1 saturated carbocycles. The highest BCUT2D eigenvalue weighted by molar-refractivity contribution is 6.36. The maximum atomic E-state index is 13.5. The Morgan fingerprint density at radius 3 is 2.50 bits per heavy atom. The molecule has 1 aromatic heterocycles. The van der Waals surface area contributed by atoms with Crippen LogP contribution in [-0.4, -0.2) is 58.0 Å². The van der Waals surface area contributed by atoms with E-state index in [0.717, 1.165) is 84.4 Å². The van der Waals surface area contributed by atoms with E-state index in [0.29, 0.717) is 39.6 Å². The molecule has 0 radical (unpaired) electrons. The smallest absolute Gasteiger partial charge is 0.291 e. The van der Waals surface area contributed by atoms with Crippen LogP contribution < -0.4 is 25.4 Å². The van der Waals surface area contributed by atoms with Crippen LogP contribution in [0.1, 0.15) is 84.8 Å². The number of carbonyl (C=O) groups excluding carboxylic acids is 2. The number of nitrogens with one attached hydrogen (secondary N) is 3. The lowest BCUT2D eigenvalue weighted by atomic mass is 9.96. The Morgan fingerprint density at radius 2 is 1.77 bits per heavy atom. The van der Waals surface area contributed by atoms with Crippen LogP contribution in [0.2, 0.25) is 10.0 Å². The van der Waals surface area contributed by atoms with Gasteiger partial charge >= 0.3 is 0 Å². The van der Waals surface area contributed by atoms with Crippen LogP contribution >= 0.6 is 23.2 Å². The van der Waals surface area contributed by atoms with E-state index in [2.05, 4.69) is 45.0 Å². The first-order valence-corrected chi connectivity index (χ1v) is 18.6. The number of nitrogens with zero attached hydrogens (tertiary/aromatic N) is 3. The van der Waals surface area contributed by atoms with Gasteiger partial charge in [0.1, 0.15) is 17.6 Å². The number of ether oxygens (including phenoxy) is 2. The van der Waals surface area contributed by atoms with E-state index < -0.39 is 5.54 Å². The largest absolute Gasteiger partial charge is 0.496 e. The lowest BCUT2D eigenvalue weighted by Crippen LogP contribution is -2.52. The Balaban J connectivity index is 1.08. The molecular weight excluding hydrogens is 699 g/mol. The molecule has 1 atom stereocenters. The monoisotopic (exact) mass is 744 g/mol. The molecule has 2 heterocycles. The van der Waals surface area contributed by atoms with Gasteiger partial charge in [0.2, 0.25) is 5.91 Å². The number of rotatable bonds is 10. The second-order valence-corrected chi connectivity index (χ2v) is 16.0. The van der Waals surface area contributed by atoms with Crippen LogP contribution in [0.3, 0.4) is 0 Å². The fourth-order valence-corrected chi connectivity index (χ4v) is 7.86. The van der Waals surface area contributed by atoms with Crippen molar-refractivity contribution in [3.05, 3.63) is 92.5 Å². The Labute approximate surface area is 315 Å².